The van der Waals surface area contributed by atoms with E-state index in [0.29, 0.717) is 5.56 Å². The van der Waals surface area contributed by atoms with Crippen LogP contribution in [0.2, 0.25) is 0 Å². The van der Waals surface area contributed by atoms with Gasteiger partial charge in [-0.1, -0.05) is 37.0 Å². The van der Waals surface area contributed by atoms with Crippen molar-refractivity contribution in [1.82, 2.24) is 5.32 Å². The third-order valence-electron chi connectivity index (χ3n) is 5.11. The number of anilines is 1. The number of carbonyl (C=O) groups is 2. The minimum absolute atomic E-state index is 0.0363. The van der Waals surface area contributed by atoms with Crippen molar-refractivity contribution in [3.63, 3.8) is 0 Å². The monoisotopic (exact) mass is 414 g/mol. The van der Waals surface area contributed by atoms with Crippen molar-refractivity contribution in [2.75, 3.05) is 5.32 Å². The molecule has 0 atom stereocenters. The number of sulfone groups is 1. The lowest BCUT2D eigenvalue weighted by Gasteiger charge is -2.23. The van der Waals surface area contributed by atoms with Crippen molar-refractivity contribution in [3.05, 3.63) is 53.6 Å². The Labute approximate surface area is 171 Å². The van der Waals surface area contributed by atoms with Crippen LogP contribution in [0.4, 0.5) is 5.69 Å². The quantitative estimate of drug-likeness (QED) is 0.777. The van der Waals surface area contributed by atoms with Gasteiger partial charge in [-0.05, 0) is 50.1 Å². The zero-order valence-electron chi connectivity index (χ0n) is 16.7. The Morgan fingerprint density at radius 1 is 0.966 bits per heavy atom. The first kappa shape index (κ1) is 21.0. The molecule has 0 unspecified atom stereocenters. The molecule has 1 aliphatic carbocycles. The fourth-order valence-electron chi connectivity index (χ4n) is 3.55. The Morgan fingerprint density at radius 2 is 1.62 bits per heavy atom. The largest absolute Gasteiger partial charge is 0.349 e. The molecule has 6 nitrogen and oxygen atoms in total. The van der Waals surface area contributed by atoms with Gasteiger partial charge in [-0.25, -0.2) is 8.42 Å². The number of benzene rings is 2. The van der Waals surface area contributed by atoms with Crippen LogP contribution in [-0.4, -0.2) is 26.3 Å². The highest BCUT2D eigenvalue weighted by atomic mass is 32.2. The van der Waals surface area contributed by atoms with Crippen LogP contribution in [0.15, 0.2) is 52.3 Å². The van der Waals surface area contributed by atoms with Crippen LogP contribution in [-0.2, 0) is 14.6 Å². The molecule has 0 heterocycles. The summed E-state index contributed by atoms with van der Waals surface area (Å²) in [5, 5.41) is 5.57. The maximum Gasteiger partial charge on any atom is 0.251 e. The van der Waals surface area contributed by atoms with Crippen molar-refractivity contribution in [1.29, 1.82) is 0 Å². The summed E-state index contributed by atoms with van der Waals surface area (Å²) in [6.45, 7) is 3.18. The predicted octanol–water partition coefficient (Wildman–Crippen LogP) is 3.85. The standard InChI is InChI=1S/C22H26N2O4S/c1-15-8-11-19(12-9-15)29(27,28)21-13-10-17(14-20(21)23-16(2)25)22(26)24-18-6-4-3-5-7-18/h8-14,18H,3-7H2,1-2H3,(H,23,25)(H,24,26). The summed E-state index contributed by atoms with van der Waals surface area (Å²) in [6.07, 6.45) is 5.27. The molecule has 2 aromatic carbocycles. The third kappa shape index (κ3) is 5.03. The highest BCUT2D eigenvalue weighted by Gasteiger charge is 2.24. The van der Waals surface area contributed by atoms with Crippen molar-refractivity contribution in [3.8, 4) is 0 Å². The fourth-order valence-corrected chi connectivity index (χ4v) is 4.95. The molecular formula is C22H26N2O4S. The molecule has 0 radical (unpaired) electrons. The maximum atomic E-state index is 13.1. The van der Waals surface area contributed by atoms with E-state index < -0.39 is 15.7 Å². The fraction of sp³-hybridized carbons (Fsp3) is 0.364. The predicted molar refractivity (Wildman–Crippen MR) is 112 cm³/mol. The molecule has 0 saturated heterocycles. The van der Waals surface area contributed by atoms with Gasteiger partial charge < -0.3 is 10.6 Å². The Kier molecular flexibility index (Phi) is 6.37. The highest BCUT2D eigenvalue weighted by Crippen LogP contribution is 2.29. The zero-order valence-corrected chi connectivity index (χ0v) is 17.5. The summed E-state index contributed by atoms with van der Waals surface area (Å²) < 4.78 is 26.2. The SMILES string of the molecule is CC(=O)Nc1cc(C(=O)NC2CCCCC2)ccc1S(=O)(=O)c1ccc(C)cc1. The topological polar surface area (TPSA) is 92.3 Å². The molecule has 0 aromatic heterocycles. The summed E-state index contributed by atoms with van der Waals surface area (Å²) in [5.41, 5.74) is 1.37. The van der Waals surface area contributed by atoms with Gasteiger partial charge in [0, 0.05) is 18.5 Å². The number of carbonyl (C=O) groups excluding carboxylic acids is 2. The van der Waals surface area contributed by atoms with E-state index in [9.17, 15) is 18.0 Å². The average molecular weight is 415 g/mol. The van der Waals surface area contributed by atoms with E-state index in [4.69, 9.17) is 0 Å². The first-order chi connectivity index (χ1) is 13.8. The second-order valence-electron chi connectivity index (χ2n) is 7.52. The van der Waals surface area contributed by atoms with Gasteiger partial charge in [0.1, 0.15) is 0 Å². The van der Waals surface area contributed by atoms with Crippen LogP contribution in [0.5, 0.6) is 0 Å². The van der Waals surface area contributed by atoms with Crippen molar-refractivity contribution in [2.24, 2.45) is 0 Å². The number of hydrogen-bond acceptors (Lipinski definition) is 4. The van der Waals surface area contributed by atoms with Crippen molar-refractivity contribution < 1.29 is 18.0 Å². The van der Waals surface area contributed by atoms with Crippen molar-refractivity contribution in [2.45, 2.75) is 61.8 Å². The Balaban J connectivity index is 1.94. The number of nitrogens with one attached hydrogen (secondary N) is 2. The van der Waals surface area contributed by atoms with Crippen LogP contribution in [0.25, 0.3) is 0 Å². The Bertz CT molecular complexity index is 1010. The van der Waals surface area contributed by atoms with Gasteiger partial charge in [0.25, 0.3) is 5.91 Å². The number of aryl methyl sites for hydroxylation is 1. The van der Waals surface area contributed by atoms with Gasteiger partial charge in [0.15, 0.2) is 0 Å². The molecular weight excluding hydrogens is 388 g/mol. The molecule has 154 valence electrons. The van der Waals surface area contributed by atoms with Gasteiger partial charge in [-0.3, -0.25) is 9.59 Å². The molecule has 2 N–H and O–H groups in total. The Morgan fingerprint density at radius 3 is 2.24 bits per heavy atom. The van der Waals surface area contributed by atoms with Gasteiger partial charge in [-0.2, -0.15) is 0 Å². The van der Waals surface area contributed by atoms with E-state index in [1.165, 1.54) is 43.7 Å². The molecule has 1 fully saturated rings. The Hall–Kier alpha value is -2.67. The second kappa shape index (κ2) is 8.78. The number of rotatable bonds is 5. The first-order valence-corrected chi connectivity index (χ1v) is 11.3. The van der Waals surface area contributed by atoms with Crippen LogP contribution in [0.1, 0.15) is 54.9 Å². The normalized spacial score (nSPS) is 15.0. The molecule has 2 aromatic rings. The van der Waals surface area contributed by atoms with Crippen molar-refractivity contribution >= 4 is 27.3 Å². The van der Waals surface area contributed by atoms with Crippen LogP contribution in [0.3, 0.4) is 0 Å². The van der Waals surface area contributed by atoms with Crippen LogP contribution in [0, 0.1) is 6.92 Å². The minimum atomic E-state index is -3.85. The van der Waals surface area contributed by atoms with Crippen LogP contribution < -0.4 is 10.6 Å². The maximum absolute atomic E-state index is 13.1. The molecule has 2 amide bonds. The molecule has 1 saturated carbocycles. The summed E-state index contributed by atoms with van der Waals surface area (Å²) in [6, 6.07) is 10.9. The lowest BCUT2D eigenvalue weighted by Crippen LogP contribution is -2.36. The summed E-state index contributed by atoms with van der Waals surface area (Å²) in [4.78, 5) is 24.4. The molecule has 0 aliphatic heterocycles. The minimum Gasteiger partial charge on any atom is -0.349 e. The summed E-state index contributed by atoms with van der Waals surface area (Å²) in [5.74, 6) is -0.669. The molecule has 0 bridgehead atoms. The zero-order chi connectivity index (χ0) is 21.0. The first-order valence-electron chi connectivity index (χ1n) is 9.81. The van der Waals surface area contributed by atoms with Gasteiger partial charge in [-0.15, -0.1) is 0 Å². The van der Waals surface area contributed by atoms with E-state index in [1.54, 1.807) is 12.1 Å². The van der Waals surface area contributed by atoms with E-state index in [-0.39, 0.29) is 27.4 Å². The average Bonchev–Trinajstić information content (AvgIpc) is 2.68. The summed E-state index contributed by atoms with van der Waals surface area (Å²) in [7, 11) is -3.85. The van der Waals surface area contributed by atoms with Gasteiger partial charge in [0.2, 0.25) is 15.7 Å². The van der Waals surface area contributed by atoms with E-state index in [0.717, 1.165) is 31.2 Å². The van der Waals surface area contributed by atoms with E-state index in [2.05, 4.69) is 10.6 Å². The molecule has 29 heavy (non-hydrogen) atoms. The number of amides is 2. The molecule has 3 rings (SSSR count). The van der Waals surface area contributed by atoms with Gasteiger partial charge >= 0.3 is 0 Å². The highest BCUT2D eigenvalue weighted by molar-refractivity contribution is 7.91. The molecule has 7 heteroatoms. The third-order valence-corrected chi connectivity index (χ3v) is 6.94. The second-order valence-corrected chi connectivity index (χ2v) is 9.44. The lowest BCUT2D eigenvalue weighted by molar-refractivity contribution is -0.114. The summed E-state index contributed by atoms with van der Waals surface area (Å²) >= 11 is 0. The molecule has 1 aliphatic rings. The molecule has 0 spiro atoms. The lowest BCUT2D eigenvalue weighted by atomic mass is 9.95. The van der Waals surface area contributed by atoms with E-state index in [1.807, 2.05) is 6.92 Å². The van der Waals surface area contributed by atoms with E-state index >= 15 is 0 Å². The van der Waals surface area contributed by atoms with Gasteiger partial charge in [0.05, 0.1) is 15.5 Å². The number of hydrogen-bond donors (Lipinski definition) is 2. The smallest absolute Gasteiger partial charge is 0.251 e. The van der Waals surface area contributed by atoms with Crippen LogP contribution >= 0.6 is 0 Å².